The number of aliphatic carboxylic acids is 1. The molecule has 1 unspecified atom stereocenters. The number of piperidine rings is 1. The Morgan fingerprint density at radius 2 is 2.00 bits per heavy atom. The average Bonchev–Trinajstić information content (AvgIpc) is 2.42. The van der Waals surface area contributed by atoms with E-state index < -0.39 is 38.4 Å². The summed E-state index contributed by atoms with van der Waals surface area (Å²) >= 11 is 0. The van der Waals surface area contributed by atoms with E-state index in [9.17, 15) is 22.0 Å². The van der Waals surface area contributed by atoms with E-state index >= 15 is 0 Å². The highest BCUT2D eigenvalue weighted by Gasteiger charge is 2.35. The number of nitrogens with zero attached hydrogens (tertiary/aromatic N) is 1. The fraction of sp³-hybridized carbons (Fsp3) is 0.462. The van der Waals surface area contributed by atoms with Crippen LogP contribution in [0.3, 0.4) is 0 Å². The van der Waals surface area contributed by atoms with E-state index in [0.717, 1.165) is 10.4 Å². The summed E-state index contributed by atoms with van der Waals surface area (Å²) < 4.78 is 53.0. The van der Waals surface area contributed by atoms with Crippen LogP contribution in [-0.4, -0.2) is 36.9 Å². The molecule has 0 bridgehead atoms. The first-order valence-corrected chi connectivity index (χ1v) is 7.86. The van der Waals surface area contributed by atoms with Gasteiger partial charge in [-0.05, 0) is 37.5 Å². The van der Waals surface area contributed by atoms with Gasteiger partial charge in [-0.1, -0.05) is 0 Å². The molecule has 1 aromatic rings. The Morgan fingerprint density at radius 1 is 1.33 bits per heavy atom. The standard InChI is InChI=1S/C13H15F2NO4S/c1-8-5-11(15)12(6-10(8)14)21(19,20)16-4-2-3-9(7-16)13(17)18/h5-6,9H,2-4,7H2,1H3,(H,17,18). The number of carboxylic acid groups (broad SMARTS) is 1. The van der Waals surface area contributed by atoms with Gasteiger partial charge in [-0.2, -0.15) is 4.31 Å². The Labute approximate surface area is 121 Å². The van der Waals surface area contributed by atoms with Crippen LogP contribution in [0.2, 0.25) is 0 Å². The molecule has 1 fully saturated rings. The fourth-order valence-corrected chi connectivity index (χ4v) is 3.91. The third-order valence-corrected chi connectivity index (χ3v) is 5.44. The van der Waals surface area contributed by atoms with Crippen LogP contribution in [0.15, 0.2) is 17.0 Å². The smallest absolute Gasteiger partial charge is 0.307 e. The molecule has 5 nitrogen and oxygen atoms in total. The quantitative estimate of drug-likeness (QED) is 0.921. The van der Waals surface area contributed by atoms with Crippen molar-refractivity contribution in [3.8, 4) is 0 Å². The fourth-order valence-electron chi connectivity index (χ4n) is 2.33. The van der Waals surface area contributed by atoms with Gasteiger partial charge in [0.1, 0.15) is 16.5 Å². The van der Waals surface area contributed by atoms with Gasteiger partial charge < -0.3 is 5.11 Å². The van der Waals surface area contributed by atoms with Gasteiger partial charge in [0.15, 0.2) is 0 Å². The Morgan fingerprint density at radius 3 is 2.62 bits per heavy atom. The molecule has 0 spiro atoms. The molecular formula is C13H15F2NO4S. The van der Waals surface area contributed by atoms with Crippen LogP contribution in [0.1, 0.15) is 18.4 Å². The van der Waals surface area contributed by atoms with E-state index in [0.29, 0.717) is 18.9 Å². The maximum absolute atomic E-state index is 13.8. The minimum Gasteiger partial charge on any atom is -0.481 e. The lowest BCUT2D eigenvalue weighted by Gasteiger charge is -2.29. The Hall–Kier alpha value is -1.54. The number of halogens is 2. The van der Waals surface area contributed by atoms with Crippen molar-refractivity contribution in [2.24, 2.45) is 5.92 Å². The predicted molar refractivity (Wildman–Crippen MR) is 70.2 cm³/mol. The van der Waals surface area contributed by atoms with Crippen molar-refractivity contribution in [1.29, 1.82) is 0 Å². The number of benzene rings is 1. The number of hydrogen-bond donors (Lipinski definition) is 1. The Kier molecular flexibility index (Phi) is 4.29. The molecule has 116 valence electrons. The van der Waals surface area contributed by atoms with Crippen molar-refractivity contribution in [3.05, 3.63) is 29.3 Å². The van der Waals surface area contributed by atoms with Gasteiger partial charge in [-0.3, -0.25) is 4.79 Å². The SMILES string of the molecule is Cc1cc(F)c(S(=O)(=O)N2CCCC(C(=O)O)C2)cc1F. The zero-order chi connectivity index (χ0) is 15.8. The summed E-state index contributed by atoms with van der Waals surface area (Å²) in [5.74, 6) is -3.77. The second-order valence-electron chi connectivity index (χ2n) is 5.07. The topological polar surface area (TPSA) is 74.7 Å². The minimum atomic E-state index is -4.24. The highest BCUT2D eigenvalue weighted by molar-refractivity contribution is 7.89. The van der Waals surface area contributed by atoms with Crippen LogP contribution in [0.5, 0.6) is 0 Å². The molecule has 1 aromatic carbocycles. The molecule has 1 atom stereocenters. The predicted octanol–water partition coefficient (Wildman–Crippen LogP) is 1.76. The molecule has 0 aliphatic carbocycles. The number of carbonyl (C=O) groups is 1. The van der Waals surface area contributed by atoms with E-state index in [1.807, 2.05) is 0 Å². The highest BCUT2D eigenvalue weighted by atomic mass is 32.2. The van der Waals surface area contributed by atoms with E-state index in [1.165, 1.54) is 6.92 Å². The first-order chi connectivity index (χ1) is 9.73. The third-order valence-electron chi connectivity index (χ3n) is 3.56. The van der Waals surface area contributed by atoms with Crippen LogP contribution in [0, 0.1) is 24.5 Å². The minimum absolute atomic E-state index is 0.00788. The maximum Gasteiger partial charge on any atom is 0.307 e. The second-order valence-corrected chi connectivity index (χ2v) is 6.98. The molecule has 1 aliphatic rings. The Bertz CT molecular complexity index is 675. The number of hydrogen-bond acceptors (Lipinski definition) is 3. The van der Waals surface area contributed by atoms with Gasteiger partial charge in [-0.25, -0.2) is 17.2 Å². The molecule has 0 amide bonds. The molecule has 8 heteroatoms. The summed E-state index contributed by atoms with van der Waals surface area (Å²) in [5, 5.41) is 8.97. The summed E-state index contributed by atoms with van der Waals surface area (Å²) in [5.41, 5.74) is 0.00788. The monoisotopic (exact) mass is 319 g/mol. The first kappa shape index (κ1) is 15.8. The molecule has 2 rings (SSSR count). The lowest BCUT2D eigenvalue weighted by Crippen LogP contribution is -2.42. The van der Waals surface area contributed by atoms with Crippen LogP contribution in [0.4, 0.5) is 8.78 Å². The maximum atomic E-state index is 13.8. The van der Waals surface area contributed by atoms with Gasteiger partial charge >= 0.3 is 5.97 Å². The van der Waals surface area contributed by atoms with Gasteiger partial charge in [-0.15, -0.1) is 0 Å². The molecule has 1 aliphatic heterocycles. The lowest BCUT2D eigenvalue weighted by molar-refractivity contribution is -0.142. The van der Waals surface area contributed by atoms with Crippen molar-refractivity contribution < 1.29 is 27.1 Å². The molecule has 0 saturated carbocycles. The average molecular weight is 319 g/mol. The normalized spacial score (nSPS) is 20.4. The second kappa shape index (κ2) is 5.69. The van der Waals surface area contributed by atoms with Crippen molar-refractivity contribution in [2.45, 2.75) is 24.7 Å². The molecule has 21 heavy (non-hydrogen) atoms. The van der Waals surface area contributed by atoms with E-state index in [1.54, 1.807) is 0 Å². The highest BCUT2D eigenvalue weighted by Crippen LogP contribution is 2.26. The van der Waals surface area contributed by atoms with Gasteiger partial charge in [0.25, 0.3) is 0 Å². The molecule has 0 radical (unpaired) electrons. The summed E-state index contributed by atoms with van der Waals surface area (Å²) in [6.07, 6.45) is 0.734. The molecule has 1 saturated heterocycles. The molecule has 1 N–H and O–H groups in total. The van der Waals surface area contributed by atoms with Crippen LogP contribution >= 0.6 is 0 Å². The number of aryl methyl sites for hydroxylation is 1. The summed E-state index contributed by atoms with van der Waals surface area (Å²) in [7, 11) is -4.24. The van der Waals surface area contributed by atoms with Crippen molar-refractivity contribution in [1.82, 2.24) is 4.31 Å². The number of sulfonamides is 1. The first-order valence-electron chi connectivity index (χ1n) is 6.42. The van der Waals surface area contributed by atoms with Gasteiger partial charge in [0, 0.05) is 13.1 Å². The van der Waals surface area contributed by atoms with Crippen molar-refractivity contribution in [2.75, 3.05) is 13.1 Å². The van der Waals surface area contributed by atoms with Crippen LogP contribution in [0.25, 0.3) is 0 Å². The van der Waals surface area contributed by atoms with Crippen LogP contribution in [-0.2, 0) is 14.8 Å². The molecule has 1 heterocycles. The summed E-state index contributed by atoms with van der Waals surface area (Å²) in [6.45, 7) is 1.20. The van der Waals surface area contributed by atoms with E-state index in [2.05, 4.69) is 0 Å². The number of rotatable bonds is 3. The molecule has 0 aromatic heterocycles. The summed E-state index contributed by atoms with van der Waals surface area (Å²) in [6, 6.07) is 1.46. The summed E-state index contributed by atoms with van der Waals surface area (Å²) in [4.78, 5) is 10.2. The zero-order valence-corrected chi connectivity index (χ0v) is 12.2. The van der Waals surface area contributed by atoms with Crippen molar-refractivity contribution >= 4 is 16.0 Å². The lowest BCUT2D eigenvalue weighted by atomic mass is 10.0. The van der Waals surface area contributed by atoms with Crippen molar-refractivity contribution in [3.63, 3.8) is 0 Å². The van der Waals surface area contributed by atoms with E-state index in [-0.39, 0.29) is 18.7 Å². The third kappa shape index (κ3) is 3.06. The van der Waals surface area contributed by atoms with E-state index in [4.69, 9.17) is 5.11 Å². The van der Waals surface area contributed by atoms with Gasteiger partial charge in [0.2, 0.25) is 10.0 Å². The molecular weight excluding hydrogens is 304 g/mol. The van der Waals surface area contributed by atoms with Gasteiger partial charge in [0.05, 0.1) is 5.92 Å². The largest absolute Gasteiger partial charge is 0.481 e. The Balaban J connectivity index is 2.38. The number of carboxylic acids is 1. The van der Waals surface area contributed by atoms with Crippen LogP contribution < -0.4 is 0 Å². The zero-order valence-electron chi connectivity index (χ0n) is 11.3.